The number of amides is 1. The van der Waals surface area contributed by atoms with Gasteiger partial charge in [0.25, 0.3) is 0 Å². The third kappa shape index (κ3) is 53.2. The lowest BCUT2D eigenvalue weighted by Crippen LogP contribution is -2.45. The molecule has 0 radical (unpaired) electrons. The van der Waals surface area contributed by atoms with Crippen molar-refractivity contribution in [2.45, 2.75) is 321 Å². The second-order valence-corrected chi connectivity index (χ2v) is 20.3. The maximum Gasteiger partial charge on any atom is 0.305 e. The lowest BCUT2D eigenvalue weighted by Gasteiger charge is -2.20. The third-order valence-corrected chi connectivity index (χ3v) is 13.6. The zero-order valence-corrected chi connectivity index (χ0v) is 45.3. The van der Waals surface area contributed by atoms with Crippen molar-refractivity contribution in [1.29, 1.82) is 0 Å². The van der Waals surface area contributed by atoms with Gasteiger partial charge in [-0.15, -0.1) is 0 Å². The number of hydrogen-bond donors (Lipinski definition) is 3. The topological polar surface area (TPSA) is 95.9 Å². The van der Waals surface area contributed by atoms with Crippen molar-refractivity contribution in [2.24, 2.45) is 0 Å². The predicted molar refractivity (Wildman–Crippen MR) is 296 cm³/mol. The largest absolute Gasteiger partial charge is 0.466 e. The molecule has 0 saturated heterocycles. The number of rotatable bonds is 55. The van der Waals surface area contributed by atoms with Gasteiger partial charge in [-0.05, 0) is 89.9 Å². The molecule has 0 aliphatic carbocycles. The molecule has 0 spiro atoms. The minimum Gasteiger partial charge on any atom is -0.466 e. The molecule has 2 atom stereocenters. The summed E-state index contributed by atoms with van der Waals surface area (Å²) in [7, 11) is 0. The summed E-state index contributed by atoms with van der Waals surface area (Å²) in [6.07, 6.45) is 72.8. The van der Waals surface area contributed by atoms with Gasteiger partial charge in [-0.2, -0.15) is 0 Å². The van der Waals surface area contributed by atoms with Crippen LogP contribution in [0.2, 0.25) is 0 Å². The van der Waals surface area contributed by atoms with Crippen LogP contribution in [0.4, 0.5) is 0 Å². The van der Waals surface area contributed by atoms with E-state index in [1.54, 1.807) is 6.08 Å². The van der Waals surface area contributed by atoms with Crippen molar-refractivity contribution in [1.82, 2.24) is 5.32 Å². The van der Waals surface area contributed by atoms with E-state index in [1.165, 1.54) is 205 Å². The van der Waals surface area contributed by atoms with Gasteiger partial charge in [-0.1, -0.05) is 255 Å². The Balaban J connectivity index is 3.55. The third-order valence-electron chi connectivity index (χ3n) is 13.6. The summed E-state index contributed by atoms with van der Waals surface area (Å²) in [5.74, 6) is -0.121. The molecule has 0 aromatic heterocycles. The number of allylic oxidation sites excluding steroid dienone is 7. The van der Waals surface area contributed by atoms with E-state index < -0.39 is 12.1 Å². The predicted octanol–water partition coefficient (Wildman–Crippen LogP) is 18.6. The molecular weight excluding hydrogens is 839 g/mol. The molecule has 0 aliphatic rings. The van der Waals surface area contributed by atoms with E-state index in [4.69, 9.17) is 4.74 Å². The molecule has 6 nitrogen and oxygen atoms in total. The number of esters is 1. The second kappa shape index (κ2) is 57.4. The Morgan fingerprint density at radius 2 is 0.735 bits per heavy atom. The van der Waals surface area contributed by atoms with E-state index in [0.717, 1.165) is 77.0 Å². The quantitative estimate of drug-likeness (QED) is 0.0244. The van der Waals surface area contributed by atoms with Crippen LogP contribution in [0.25, 0.3) is 0 Å². The number of ether oxygens (including phenoxy) is 1. The van der Waals surface area contributed by atoms with Crippen molar-refractivity contribution < 1.29 is 24.5 Å². The highest BCUT2D eigenvalue weighted by Crippen LogP contribution is 2.16. The smallest absolute Gasteiger partial charge is 0.305 e. The lowest BCUT2D eigenvalue weighted by atomic mass is 10.0. The maximum atomic E-state index is 12.5. The Bertz CT molecular complexity index is 1150. The first kappa shape index (κ1) is 65.8. The first-order valence-corrected chi connectivity index (χ1v) is 29.9. The van der Waals surface area contributed by atoms with E-state index in [9.17, 15) is 19.8 Å². The highest BCUT2D eigenvalue weighted by molar-refractivity contribution is 5.76. The summed E-state index contributed by atoms with van der Waals surface area (Å²) < 4.78 is 5.44. The number of carbonyl (C=O) groups excluding carboxylic acids is 2. The van der Waals surface area contributed by atoms with Crippen LogP contribution in [0, 0.1) is 0 Å². The maximum absolute atomic E-state index is 12.5. The Kier molecular flexibility index (Phi) is 55.6. The fourth-order valence-corrected chi connectivity index (χ4v) is 8.97. The van der Waals surface area contributed by atoms with Crippen molar-refractivity contribution >= 4 is 11.9 Å². The highest BCUT2D eigenvalue weighted by atomic mass is 16.5. The Labute approximate surface area is 423 Å². The van der Waals surface area contributed by atoms with E-state index in [2.05, 4.69) is 55.6 Å². The Morgan fingerprint density at radius 3 is 1.13 bits per heavy atom. The molecule has 0 aliphatic heterocycles. The molecule has 2 unspecified atom stereocenters. The van der Waals surface area contributed by atoms with Crippen LogP contribution in [0.1, 0.15) is 309 Å². The molecule has 6 heteroatoms. The van der Waals surface area contributed by atoms with Gasteiger partial charge in [0.2, 0.25) is 5.91 Å². The molecule has 398 valence electrons. The van der Waals surface area contributed by atoms with Crippen molar-refractivity contribution in [3.05, 3.63) is 48.6 Å². The number of carbonyl (C=O) groups is 2. The number of nitrogens with one attached hydrogen (secondary N) is 1. The molecule has 68 heavy (non-hydrogen) atoms. The van der Waals surface area contributed by atoms with Gasteiger partial charge < -0.3 is 20.3 Å². The van der Waals surface area contributed by atoms with E-state index in [0.29, 0.717) is 19.4 Å². The van der Waals surface area contributed by atoms with Gasteiger partial charge in [0, 0.05) is 12.8 Å². The fraction of sp³-hybridized carbons (Fsp3) is 0.839. The van der Waals surface area contributed by atoms with Crippen LogP contribution in [0.5, 0.6) is 0 Å². The molecule has 0 fully saturated rings. The monoisotopic (exact) mass is 954 g/mol. The lowest BCUT2D eigenvalue weighted by molar-refractivity contribution is -0.143. The molecule has 0 rings (SSSR count). The molecular formula is C62H115NO5. The average Bonchev–Trinajstić information content (AvgIpc) is 3.34. The number of hydrogen-bond acceptors (Lipinski definition) is 5. The Hall–Kier alpha value is -2.18. The number of unbranched alkanes of at least 4 members (excludes halogenated alkanes) is 39. The van der Waals surface area contributed by atoms with E-state index in [-0.39, 0.29) is 18.5 Å². The van der Waals surface area contributed by atoms with Crippen molar-refractivity contribution in [3.8, 4) is 0 Å². The number of aliphatic hydroxyl groups excluding tert-OH is 2. The molecule has 3 N–H and O–H groups in total. The minimum absolute atomic E-state index is 0.0315. The summed E-state index contributed by atoms with van der Waals surface area (Å²) in [6, 6.07) is -0.647. The average molecular weight is 955 g/mol. The molecule has 0 saturated carbocycles. The summed E-state index contributed by atoms with van der Waals surface area (Å²) in [5.41, 5.74) is 0. The van der Waals surface area contributed by atoms with Gasteiger partial charge in [-0.25, -0.2) is 0 Å². The van der Waals surface area contributed by atoms with Gasteiger partial charge >= 0.3 is 5.97 Å². The van der Waals surface area contributed by atoms with Crippen LogP contribution in [-0.4, -0.2) is 47.4 Å². The standard InChI is InChI=1S/C62H115NO5/c1-3-5-7-9-11-13-15-17-19-20-21-22-23-24-25-27-30-34-38-42-46-50-54-60(65)59(58-64)63-61(66)55-51-47-43-39-35-31-28-26-29-33-37-41-45-49-53-57-68-62(67)56-52-48-44-40-36-32-18-16-14-12-10-8-6-4-2/h16,18,26,29,33,37,50,54,59-60,64-65H,3-15,17,19-25,27-28,30-32,34-36,38-49,51-53,55-58H2,1-2H3,(H,63,66)/b18-16-,29-26-,37-33-,54-50+. The van der Waals surface area contributed by atoms with Crippen LogP contribution in [0.3, 0.4) is 0 Å². The normalized spacial score (nSPS) is 12.9. The summed E-state index contributed by atoms with van der Waals surface area (Å²) in [5, 5.41) is 23.2. The molecule has 0 bridgehead atoms. The van der Waals surface area contributed by atoms with Crippen LogP contribution in [0.15, 0.2) is 48.6 Å². The van der Waals surface area contributed by atoms with Gasteiger partial charge in [-0.3, -0.25) is 9.59 Å². The highest BCUT2D eigenvalue weighted by Gasteiger charge is 2.18. The molecule has 1 amide bonds. The zero-order valence-electron chi connectivity index (χ0n) is 45.3. The summed E-state index contributed by atoms with van der Waals surface area (Å²) in [4.78, 5) is 24.5. The minimum atomic E-state index is -0.861. The van der Waals surface area contributed by atoms with Gasteiger partial charge in [0.1, 0.15) is 0 Å². The first-order chi connectivity index (χ1) is 33.5. The van der Waals surface area contributed by atoms with Gasteiger partial charge in [0.15, 0.2) is 0 Å². The fourth-order valence-electron chi connectivity index (χ4n) is 8.97. The molecule has 0 heterocycles. The molecule has 0 aromatic carbocycles. The van der Waals surface area contributed by atoms with Crippen molar-refractivity contribution in [2.75, 3.05) is 13.2 Å². The number of aliphatic hydroxyl groups is 2. The summed E-state index contributed by atoms with van der Waals surface area (Å²) in [6.45, 7) is 4.84. The second-order valence-electron chi connectivity index (χ2n) is 20.3. The zero-order chi connectivity index (χ0) is 49.3. The van der Waals surface area contributed by atoms with E-state index in [1.807, 2.05) is 6.08 Å². The summed E-state index contributed by atoms with van der Waals surface area (Å²) >= 11 is 0. The van der Waals surface area contributed by atoms with Crippen LogP contribution < -0.4 is 5.32 Å². The van der Waals surface area contributed by atoms with Crippen molar-refractivity contribution in [3.63, 3.8) is 0 Å². The SMILES string of the molecule is CCCCCCC/C=C\CCCCCCCC(=O)OCCCCC/C=C\C=C/CCCCCCCCC(=O)NC(CO)C(O)/C=C/CCCCCCCCCCCCCCCCCCCCCC. The first-order valence-electron chi connectivity index (χ1n) is 29.9. The van der Waals surface area contributed by atoms with Crippen LogP contribution >= 0.6 is 0 Å². The van der Waals surface area contributed by atoms with Gasteiger partial charge in [0.05, 0.1) is 25.4 Å². The Morgan fingerprint density at radius 1 is 0.412 bits per heavy atom. The van der Waals surface area contributed by atoms with E-state index >= 15 is 0 Å². The van der Waals surface area contributed by atoms with Crippen LogP contribution in [-0.2, 0) is 14.3 Å². The molecule has 0 aromatic rings.